The summed E-state index contributed by atoms with van der Waals surface area (Å²) >= 11 is 0. The molecule has 1 N–H and O–H groups in total. The molecule has 1 aliphatic carbocycles. The van der Waals surface area contributed by atoms with Crippen LogP contribution < -0.4 is 5.32 Å². The summed E-state index contributed by atoms with van der Waals surface area (Å²) in [6, 6.07) is 0.267. The molecule has 0 aromatic carbocycles. The molecule has 1 aliphatic heterocycles. The Morgan fingerprint density at radius 2 is 2.20 bits per heavy atom. The molecule has 1 aromatic heterocycles. The number of rotatable bonds is 8. The lowest BCUT2D eigenvalue weighted by molar-refractivity contribution is -0.128. The molecule has 1 saturated carbocycles. The van der Waals surface area contributed by atoms with E-state index in [4.69, 9.17) is 4.74 Å². The van der Waals surface area contributed by atoms with Gasteiger partial charge in [-0.25, -0.2) is 4.98 Å². The lowest BCUT2D eigenvalue weighted by atomic mass is 9.84. The van der Waals surface area contributed by atoms with Gasteiger partial charge in [-0.2, -0.15) is 0 Å². The largest absolute Gasteiger partial charge is 0.383 e. The summed E-state index contributed by atoms with van der Waals surface area (Å²) in [6.45, 7) is 8.88. The molecule has 1 aromatic rings. The van der Waals surface area contributed by atoms with E-state index in [2.05, 4.69) is 33.6 Å². The molecule has 0 bridgehead atoms. The van der Waals surface area contributed by atoms with Gasteiger partial charge in [0.05, 0.1) is 18.6 Å². The van der Waals surface area contributed by atoms with Gasteiger partial charge in [0.15, 0.2) is 0 Å². The second-order valence-corrected chi connectivity index (χ2v) is 7.92. The predicted octanol–water partition coefficient (Wildman–Crippen LogP) is 1.90. The van der Waals surface area contributed by atoms with Crippen LogP contribution in [0.1, 0.15) is 38.8 Å². The van der Waals surface area contributed by atoms with Gasteiger partial charge in [-0.1, -0.05) is 20.3 Å². The second kappa shape index (κ2) is 8.32. The van der Waals surface area contributed by atoms with Crippen LogP contribution in [0, 0.1) is 17.8 Å². The zero-order valence-electron chi connectivity index (χ0n) is 15.8. The predicted molar refractivity (Wildman–Crippen MR) is 97.0 cm³/mol. The van der Waals surface area contributed by atoms with Crippen molar-refractivity contribution < 1.29 is 9.53 Å². The van der Waals surface area contributed by atoms with Crippen molar-refractivity contribution in [1.82, 2.24) is 19.8 Å². The Kier molecular flexibility index (Phi) is 6.12. The molecule has 0 spiro atoms. The first-order chi connectivity index (χ1) is 12.1. The van der Waals surface area contributed by atoms with E-state index in [1.807, 2.05) is 12.5 Å². The van der Waals surface area contributed by atoms with Crippen LogP contribution in [0.15, 0.2) is 12.5 Å². The van der Waals surface area contributed by atoms with Gasteiger partial charge in [0.25, 0.3) is 0 Å². The maximum Gasteiger partial charge on any atom is 0.223 e. The summed E-state index contributed by atoms with van der Waals surface area (Å²) in [5.41, 5.74) is 1.21. The molecule has 2 aliphatic rings. The summed E-state index contributed by atoms with van der Waals surface area (Å²) in [5.74, 6) is 1.61. The van der Waals surface area contributed by atoms with Crippen molar-refractivity contribution in [1.29, 1.82) is 0 Å². The molecule has 2 heterocycles. The van der Waals surface area contributed by atoms with Gasteiger partial charge in [-0.15, -0.1) is 0 Å². The summed E-state index contributed by atoms with van der Waals surface area (Å²) in [6.07, 6.45) is 7.15. The fraction of sp³-hybridized carbons (Fsp3) is 0.789. The van der Waals surface area contributed by atoms with Crippen LogP contribution in [0.3, 0.4) is 0 Å². The second-order valence-electron chi connectivity index (χ2n) is 7.92. The number of ether oxygens (including phenoxy) is 1. The van der Waals surface area contributed by atoms with E-state index < -0.39 is 0 Å². The molecule has 140 valence electrons. The Morgan fingerprint density at radius 3 is 2.84 bits per heavy atom. The normalized spacial score (nSPS) is 24.6. The summed E-state index contributed by atoms with van der Waals surface area (Å²) in [4.78, 5) is 19.1. The summed E-state index contributed by atoms with van der Waals surface area (Å²) < 4.78 is 7.34. The van der Waals surface area contributed by atoms with Crippen molar-refractivity contribution in [2.24, 2.45) is 17.8 Å². The Morgan fingerprint density at radius 1 is 1.40 bits per heavy atom. The average molecular weight is 348 g/mol. The standard InChI is InChI=1S/C19H32N4O2/c1-14(2)17-11-22(10-16-9-20-13-23(16)7-8-25-3)12-18(17)21-19(24)15-5-4-6-15/h9,13-15,17-18H,4-8,10-12H2,1-3H3,(H,21,24)/t17-,18+/m1/s1. The molecule has 0 radical (unpaired) electrons. The van der Waals surface area contributed by atoms with Crippen LogP contribution in [-0.4, -0.2) is 53.2 Å². The highest BCUT2D eigenvalue weighted by Gasteiger charge is 2.37. The first-order valence-electron chi connectivity index (χ1n) is 9.59. The third-order valence-electron chi connectivity index (χ3n) is 5.82. The molecule has 6 heteroatoms. The number of nitrogens with zero attached hydrogens (tertiary/aromatic N) is 3. The minimum absolute atomic E-state index is 0.261. The van der Waals surface area contributed by atoms with E-state index in [0.717, 1.165) is 39.0 Å². The topological polar surface area (TPSA) is 59.4 Å². The minimum atomic E-state index is 0.261. The number of hydrogen-bond donors (Lipinski definition) is 1. The highest BCUT2D eigenvalue weighted by molar-refractivity contribution is 5.79. The number of hydrogen-bond acceptors (Lipinski definition) is 4. The van der Waals surface area contributed by atoms with Gasteiger partial charge in [0.1, 0.15) is 0 Å². The number of aromatic nitrogens is 2. The zero-order valence-corrected chi connectivity index (χ0v) is 15.8. The summed E-state index contributed by atoms with van der Waals surface area (Å²) in [7, 11) is 1.72. The number of imidazole rings is 1. The molecule has 25 heavy (non-hydrogen) atoms. The Bertz CT molecular complexity index is 568. The van der Waals surface area contributed by atoms with Crippen LogP contribution in [-0.2, 0) is 22.6 Å². The van der Waals surface area contributed by atoms with Crippen LogP contribution in [0.25, 0.3) is 0 Å². The van der Waals surface area contributed by atoms with Crippen LogP contribution in [0.5, 0.6) is 0 Å². The van der Waals surface area contributed by atoms with Crippen molar-refractivity contribution in [3.05, 3.63) is 18.2 Å². The number of amides is 1. The average Bonchev–Trinajstić information content (AvgIpc) is 3.10. The van der Waals surface area contributed by atoms with Gasteiger partial charge < -0.3 is 14.6 Å². The number of carbonyl (C=O) groups is 1. The van der Waals surface area contributed by atoms with E-state index >= 15 is 0 Å². The Balaban J connectivity index is 1.59. The first kappa shape index (κ1) is 18.4. The van der Waals surface area contributed by atoms with Crippen molar-refractivity contribution in [3.8, 4) is 0 Å². The highest BCUT2D eigenvalue weighted by Crippen LogP contribution is 2.29. The number of methoxy groups -OCH3 is 1. The molecule has 0 unspecified atom stereocenters. The van der Waals surface area contributed by atoms with E-state index in [9.17, 15) is 4.79 Å². The van der Waals surface area contributed by atoms with Gasteiger partial charge >= 0.3 is 0 Å². The number of carbonyl (C=O) groups excluding carboxylic acids is 1. The van der Waals surface area contributed by atoms with Gasteiger partial charge in [0, 0.05) is 51.4 Å². The molecular weight excluding hydrogens is 316 g/mol. The fourth-order valence-corrected chi connectivity index (χ4v) is 3.94. The zero-order chi connectivity index (χ0) is 17.8. The molecule has 2 atom stereocenters. The maximum atomic E-state index is 12.4. The lowest BCUT2D eigenvalue weighted by Crippen LogP contribution is -2.45. The highest BCUT2D eigenvalue weighted by atomic mass is 16.5. The van der Waals surface area contributed by atoms with Crippen molar-refractivity contribution >= 4 is 5.91 Å². The van der Waals surface area contributed by atoms with Gasteiger partial charge in [-0.05, 0) is 24.7 Å². The quantitative estimate of drug-likeness (QED) is 0.779. The van der Waals surface area contributed by atoms with E-state index in [1.54, 1.807) is 7.11 Å². The molecule has 1 amide bonds. The first-order valence-corrected chi connectivity index (χ1v) is 9.59. The molecular formula is C19H32N4O2. The van der Waals surface area contributed by atoms with Crippen molar-refractivity contribution in [3.63, 3.8) is 0 Å². The number of likely N-dealkylation sites (tertiary alicyclic amines) is 1. The maximum absolute atomic E-state index is 12.4. The molecule has 6 nitrogen and oxygen atoms in total. The van der Waals surface area contributed by atoms with E-state index in [1.165, 1.54) is 12.1 Å². The van der Waals surface area contributed by atoms with Crippen molar-refractivity contribution in [2.45, 2.75) is 52.2 Å². The van der Waals surface area contributed by atoms with E-state index in [-0.39, 0.29) is 17.9 Å². The Labute approximate surface area is 150 Å². The number of nitrogens with one attached hydrogen (secondary N) is 1. The third-order valence-corrected chi connectivity index (χ3v) is 5.82. The monoisotopic (exact) mass is 348 g/mol. The minimum Gasteiger partial charge on any atom is -0.383 e. The van der Waals surface area contributed by atoms with Crippen LogP contribution in [0.4, 0.5) is 0 Å². The van der Waals surface area contributed by atoms with Crippen LogP contribution in [0.2, 0.25) is 0 Å². The fourth-order valence-electron chi connectivity index (χ4n) is 3.94. The SMILES string of the molecule is COCCn1cncc1CN1C[C@H](NC(=O)C2CCC2)[C@@H](C(C)C)C1. The van der Waals surface area contributed by atoms with Crippen LogP contribution >= 0.6 is 0 Å². The lowest BCUT2D eigenvalue weighted by Gasteiger charge is -2.29. The smallest absolute Gasteiger partial charge is 0.223 e. The van der Waals surface area contributed by atoms with E-state index in [0.29, 0.717) is 18.4 Å². The molecule has 2 fully saturated rings. The van der Waals surface area contributed by atoms with Crippen molar-refractivity contribution in [2.75, 3.05) is 26.8 Å². The molecule has 1 saturated heterocycles. The molecule has 3 rings (SSSR count). The Hall–Kier alpha value is -1.40. The summed E-state index contributed by atoms with van der Waals surface area (Å²) in [5, 5.41) is 3.35. The van der Waals surface area contributed by atoms with Gasteiger partial charge in [-0.3, -0.25) is 9.69 Å². The third kappa shape index (κ3) is 4.42. The van der Waals surface area contributed by atoms with Gasteiger partial charge in [0.2, 0.25) is 5.91 Å².